The lowest BCUT2D eigenvalue weighted by Gasteiger charge is -2.31. The van der Waals surface area contributed by atoms with Crippen LogP contribution in [0, 0.1) is 5.92 Å². The molecule has 0 amide bonds. The Labute approximate surface area is 174 Å². The molecule has 2 aliphatic rings. The second kappa shape index (κ2) is 10.6. The molecule has 0 saturated carbocycles. The highest BCUT2D eigenvalue weighted by atomic mass is 127. The molecule has 2 rings (SSSR count). The second-order valence-electron chi connectivity index (χ2n) is 6.26. The van der Waals surface area contributed by atoms with Crippen LogP contribution in [0.5, 0.6) is 0 Å². The molecular weight excluding hydrogens is 504 g/mol. The minimum atomic E-state index is -5.22. The Balaban J connectivity index is 0.00000338. The van der Waals surface area contributed by atoms with Gasteiger partial charge in [0.1, 0.15) is 0 Å². The summed E-state index contributed by atoms with van der Waals surface area (Å²) in [6.07, 6.45) is 3.23. The summed E-state index contributed by atoms with van der Waals surface area (Å²) < 4.78 is 61.0. The molecule has 0 aromatic heterocycles. The zero-order valence-corrected chi connectivity index (χ0v) is 18.6. The number of sulfonamides is 1. The van der Waals surface area contributed by atoms with Crippen LogP contribution in [0.3, 0.4) is 0 Å². The number of halogens is 4. The van der Waals surface area contributed by atoms with E-state index in [4.69, 9.17) is 0 Å². The van der Waals surface area contributed by atoms with Gasteiger partial charge in [-0.3, -0.25) is 4.99 Å². The Hall–Kier alpha value is 0.0500. The third kappa shape index (κ3) is 6.59. The van der Waals surface area contributed by atoms with Crippen molar-refractivity contribution < 1.29 is 21.6 Å². The van der Waals surface area contributed by atoms with Crippen molar-refractivity contribution in [1.29, 1.82) is 0 Å². The normalized spacial score (nSPS) is 23.5. The average Bonchev–Trinajstić information content (AvgIpc) is 3.08. The Bertz CT molecular complexity index is 561. The number of nitrogens with one attached hydrogen (secondary N) is 2. The first-order chi connectivity index (χ1) is 11.7. The molecule has 0 aromatic rings. The lowest BCUT2D eigenvalue weighted by atomic mass is 9.98. The molecule has 12 heteroatoms. The molecule has 26 heavy (non-hydrogen) atoms. The van der Waals surface area contributed by atoms with Crippen molar-refractivity contribution in [1.82, 2.24) is 14.9 Å². The van der Waals surface area contributed by atoms with E-state index in [2.05, 4.69) is 15.6 Å². The molecule has 154 valence electrons. The van der Waals surface area contributed by atoms with E-state index >= 15 is 0 Å². The van der Waals surface area contributed by atoms with Gasteiger partial charge < -0.3 is 10.6 Å². The maximum atomic E-state index is 12.6. The molecule has 2 N–H and O–H groups in total. The van der Waals surface area contributed by atoms with Gasteiger partial charge in [0.05, 0.1) is 0 Å². The largest absolute Gasteiger partial charge is 0.511 e. The number of hydrogen-bond acceptors (Lipinski definition) is 4. The quantitative estimate of drug-likeness (QED) is 0.324. The monoisotopic (exact) mass is 530 g/mol. The van der Waals surface area contributed by atoms with E-state index in [1.54, 1.807) is 7.05 Å². The summed E-state index contributed by atoms with van der Waals surface area (Å²) >= 11 is 1.95. The molecule has 0 bridgehead atoms. The Morgan fingerprint density at radius 3 is 2.31 bits per heavy atom. The Kier molecular flexibility index (Phi) is 9.78. The fourth-order valence-corrected chi connectivity index (χ4v) is 5.16. The number of rotatable bonds is 5. The van der Waals surface area contributed by atoms with Crippen LogP contribution in [0.25, 0.3) is 0 Å². The van der Waals surface area contributed by atoms with Crippen molar-refractivity contribution in [3.8, 4) is 0 Å². The fourth-order valence-electron chi connectivity index (χ4n) is 2.98. The van der Waals surface area contributed by atoms with E-state index in [9.17, 15) is 21.6 Å². The molecule has 0 aliphatic carbocycles. The Morgan fingerprint density at radius 2 is 1.81 bits per heavy atom. The van der Waals surface area contributed by atoms with E-state index < -0.39 is 15.5 Å². The zero-order valence-electron chi connectivity index (χ0n) is 14.6. The SMILES string of the molecule is CN=C(NCC1CCN(S(=O)(=O)C(F)(F)F)CC1)NCC1CCCS1.I. The van der Waals surface area contributed by atoms with Gasteiger partial charge in [0.2, 0.25) is 0 Å². The zero-order chi connectivity index (χ0) is 18.5. The van der Waals surface area contributed by atoms with Gasteiger partial charge in [-0.15, -0.1) is 24.0 Å². The van der Waals surface area contributed by atoms with Gasteiger partial charge in [-0.05, 0) is 37.4 Å². The molecule has 0 radical (unpaired) electrons. The molecule has 2 saturated heterocycles. The average molecular weight is 530 g/mol. The molecule has 1 unspecified atom stereocenters. The van der Waals surface area contributed by atoms with E-state index in [0.29, 0.717) is 34.9 Å². The number of alkyl halides is 3. The van der Waals surface area contributed by atoms with Crippen LogP contribution < -0.4 is 10.6 Å². The van der Waals surface area contributed by atoms with Crippen LogP contribution in [0.4, 0.5) is 13.2 Å². The molecule has 0 aromatic carbocycles. The van der Waals surface area contributed by atoms with Crippen molar-refractivity contribution in [3.05, 3.63) is 0 Å². The molecule has 1 atom stereocenters. The minimum absolute atomic E-state index is 0. The maximum Gasteiger partial charge on any atom is 0.511 e. The van der Waals surface area contributed by atoms with Gasteiger partial charge in [-0.1, -0.05) is 0 Å². The summed E-state index contributed by atoms with van der Waals surface area (Å²) in [5.41, 5.74) is -5.22. The summed E-state index contributed by atoms with van der Waals surface area (Å²) in [4.78, 5) is 4.15. The van der Waals surface area contributed by atoms with E-state index in [-0.39, 0.29) is 43.0 Å². The number of piperidine rings is 1. The molecule has 6 nitrogen and oxygen atoms in total. The van der Waals surface area contributed by atoms with Crippen molar-refractivity contribution in [2.24, 2.45) is 10.9 Å². The van der Waals surface area contributed by atoms with Crippen LogP contribution in [0.15, 0.2) is 4.99 Å². The lowest BCUT2D eigenvalue weighted by Crippen LogP contribution is -2.47. The van der Waals surface area contributed by atoms with Gasteiger partial charge >= 0.3 is 15.5 Å². The third-order valence-electron chi connectivity index (χ3n) is 4.51. The molecule has 2 heterocycles. The predicted octanol–water partition coefficient (Wildman–Crippen LogP) is 2.23. The highest BCUT2D eigenvalue weighted by molar-refractivity contribution is 14.0. The number of hydrogen-bond donors (Lipinski definition) is 2. The maximum absolute atomic E-state index is 12.6. The topological polar surface area (TPSA) is 73.8 Å². The fraction of sp³-hybridized carbons (Fsp3) is 0.929. The van der Waals surface area contributed by atoms with Crippen molar-refractivity contribution in [3.63, 3.8) is 0 Å². The van der Waals surface area contributed by atoms with Crippen LogP contribution in [-0.4, -0.2) is 68.4 Å². The lowest BCUT2D eigenvalue weighted by molar-refractivity contribution is -0.0496. The van der Waals surface area contributed by atoms with Crippen LogP contribution in [-0.2, 0) is 10.0 Å². The summed E-state index contributed by atoms with van der Waals surface area (Å²) in [6, 6.07) is 0. The van der Waals surface area contributed by atoms with Crippen molar-refractivity contribution in [2.45, 2.75) is 36.4 Å². The van der Waals surface area contributed by atoms with Gasteiger partial charge in [-0.2, -0.15) is 29.2 Å². The number of aliphatic imine (C=N–C) groups is 1. The third-order valence-corrected chi connectivity index (χ3v) is 7.54. The standard InChI is InChI=1S/C14H25F3N4O2S2.HI/c1-18-13(20-10-12-3-2-8-24-12)19-9-11-4-6-21(7-5-11)25(22,23)14(15,16)17;/h11-12H,2-10H2,1H3,(H2,18,19,20);1H. The smallest absolute Gasteiger partial charge is 0.356 e. The number of thioether (sulfide) groups is 1. The van der Waals surface area contributed by atoms with Gasteiger partial charge in [0.25, 0.3) is 0 Å². The predicted molar refractivity (Wildman–Crippen MR) is 110 cm³/mol. The van der Waals surface area contributed by atoms with Crippen LogP contribution in [0.1, 0.15) is 25.7 Å². The highest BCUT2D eigenvalue weighted by Crippen LogP contribution is 2.30. The summed E-state index contributed by atoms with van der Waals surface area (Å²) in [5, 5.41) is 7.05. The summed E-state index contributed by atoms with van der Waals surface area (Å²) in [6.45, 7) is 1.21. The summed E-state index contributed by atoms with van der Waals surface area (Å²) in [5.74, 6) is 1.99. The van der Waals surface area contributed by atoms with Crippen LogP contribution in [0.2, 0.25) is 0 Å². The van der Waals surface area contributed by atoms with Gasteiger partial charge in [0, 0.05) is 38.5 Å². The molecule has 0 spiro atoms. The first-order valence-corrected chi connectivity index (χ1v) is 10.9. The first kappa shape index (κ1) is 24.1. The van der Waals surface area contributed by atoms with Crippen molar-refractivity contribution >= 4 is 51.7 Å². The highest BCUT2D eigenvalue weighted by Gasteiger charge is 2.50. The summed E-state index contributed by atoms with van der Waals surface area (Å²) in [7, 11) is -3.53. The van der Waals surface area contributed by atoms with E-state index in [1.807, 2.05) is 11.8 Å². The number of guanidine groups is 1. The van der Waals surface area contributed by atoms with Crippen molar-refractivity contribution in [2.75, 3.05) is 39.0 Å². The Morgan fingerprint density at radius 1 is 1.19 bits per heavy atom. The molecular formula is C14H26F3IN4O2S2. The second-order valence-corrected chi connectivity index (χ2v) is 9.60. The van der Waals surface area contributed by atoms with E-state index in [1.165, 1.54) is 18.6 Å². The molecule has 2 aliphatic heterocycles. The minimum Gasteiger partial charge on any atom is -0.356 e. The van der Waals surface area contributed by atoms with Crippen LogP contribution >= 0.6 is 35.7 Å². The number of nitrogens with zero attached hydrogens (tertiary/aromatic N) is 2. The van der Waals surface area contributed by atoms with E-state index in [0.717, 1.165) is 6.54 Å². The first-order valence-electron chi connectivity index (χ1n) is 8.36. The van der Waals surface area contributed by atoms with Gasteiger partial charge in [-0.25, -0.2) is 8.42 Å². The van der Waals surface area contributed by atoms with Gasteiger partial charge in [0.15, 0.2) is 5.96 Å². The molecule has 2 fully saturated rings.